The Hall–Kier alpha value is -1.58. The maximum atomic E-state index is 13.3. The zero-order valence-electron chi connectivity index (χ0n) is 9.61. The molecule has 0 aliphatic carbocycles. The molecule has 94 valence electrons. The molecule has 0 fully saturated rings. The fraction of sp³-hybridized carbons (Fsp3) is 0.143. The van der Waals surface area contributed by atoms with Gasteiger partial charge in [0, 0.05) is 11.6 Å². The second kappa shape index (κ2) is 5.85. The lowest BCUT2D eigenvalue weighted by atomic mass is 10.1. The largest absolute Gasteiger partial charge is 0.387 e. The molecule has 0 saturated carbocycles. The molecule has 0 aromatic heterocycles. The van der Waals surface area contributed by atoms with E-state index in [0.29, 0.717) is 10.7 Å². The van der Waals surface area contributed by atoms with E-state index in [1.807, 2.05) is 0 Å². The van der Waals surface area contributed by atoms with Gasteiger partial charge in [-0.05, 0) is 29.8 Å². The molecule has 18 heavy (non-hydrogen) atoms. The number of benzene rings is 2. The van der Waals surface area contributed by atoms with Crippen molar-refractivity contribution in [1.82, 2.24) is 0 Å². The van der Waals surface area contributed by atoms with Crippen LogP contribution in [-0.2, 0) is 0 Å². The predicted octanol–water partition coefficient (Wildman–Crippen LogP) is 3.62. The second-order valence-corrected chi connectivity index (χ2v) is 4.36. The summed E-state index contributed by atoms with van der Waals surface area (Å²) in [6.45, 7) is 0.239. The van der Waals surface area contributed by atoms with Crippen LogP contribution in [0.15, 0.2) is 48.5 Å². The average Bonchev–Trinajstić information content (AvgIpc) is 2.38. The summed E-state index contributed by atoms with van der Waals surface area (Å²) in [6, 6.07) is 13.3. The van der Waals surface area contributed by atoms with Crippen molar-refractivity contribution in [2.24, 2.45) is 0 Å². The number of hydrogen-bond donors (Lipinski definition) is 2. The standard InChI is InChI=1S/C14H13ClFNO/c15-11-7-5-10(6-8-11)14(18)9-17-13-4-2-1-3-12(13)16/h1-8,14,17-18H,9H2. The maximum Gasteiger partial charge on any atom is 0.146 e. The van der Waals surface area contributed by atoms with Crippen LogP contribution in [0.1, 0.15) is 11.7 Å². The normalized spacial score (nSPS) is 12.2. The third-order valence-corrected chi connectivity index (χ3v) is 2.87. The Balaban J connectivity index is 1.98. The highest BCUT2D eigenvalue weighted by Gasteiger charge is 2.08. The second-order valence-electron chi connectivity index (χ2n) is 3.93. The van der Waals surface area contributed by atoms with Crippen LogP contribution in [-0.4, -0.2) is 11.7 Å². The highest BCUT2D eigenvalue weighted by Crippen LogP contribution is 2.18. The monoisotopic (exact) mass is 265 g/mol. The number of nitrogens with one attached hydrogen (secondary N) is 1. The zero-order chi connectivity index (χ0) is 13.0. The molecule has 2 aromatic rings. The predicted molar refractivity (Wildman–Crippen MR) is 71.3 cm³/mol. The minimum Gasteiger partial charge on any atom is -0.387 e. The van der Waals surface area contributed by atoms with E-state index >= 15 is 0 Å². The Morgan fingerprint density at radius 3 is 2.44 bits per heavy atom. The topological polar surface area (TPSA) is 32.3 Å². The molecule has 1 atom stereocenters. The van der Waals surface area contributed by atoms with Crippen molar-refractivity contribution in [2.45, 2.75) is 6.10 Å². The molecule has 0 aliphatic rings. The summed E-state index contributed by atoms with van der Waals surface area (Å²) in [7, 11) is 0. The molecule has 1 unspecified atom stereocenters. The Morgan fingerprint density at radius 1 is 1.11 bits per heavy atom. The SMILES string of the molecule is OC(CNc1ccccc1F)c1ccc(Cl)cc1. The fourth-order valence-electron chi connectivity index (χ4n) is 1.61. The molecule has 4 heteroatoms. The average molecular weight is 266 g/mol. The minimum atomic E-state index is -0.707. The van der Waals surface area contributed by atoms with Gasteiger partial charge >= 0.3 is 0 Å². The van der Waals surface area contributed by atoms with E-state index in [1.54, 1.807) is 42.5 Å². The van der Waals surface area contributed by atoms with Gasteiger partial charge in [-0.3, -0.25) is 0 Å². The third-order valence-electron chi connectivity index (χ3n) is 2.61. The van der Waals surface area contributed by atoms with Crippen LogP contribution in [0.2, 0.25) is 5.02 Å². The van der Waals surface area contributed by atoms with E-state index in [-0.39, 0.29) is 12.4 Å². The highest BCUT2D eigenvalue weighted by molar-refractivity contribution is 6.30. The maximum absolute atomic E-state index is 13.3. The van der Waals surface area contributed by atoms with E-state index in [9.17, 15) is 9.50 Å². The van der Waals surface area contributed by atoms with Gasteiger partial charge < -0.3 is 10.4 Å². The molecular formula is C14H13ClFNO. The first-order valence-corrected chi connectivity index (χ1v) is 5.96. The van der Waals surface area contributed by atoms with Crippen molar-refractivity contribution >= 4 is 17.3 Å². The number of para-hydroxylation sites is 1. The number of aliphatic hydroxyl groups is 1. The first-order valence-electron chi connectivity index (χ1n) is 5.59. The van der Waals surface area contributed by atoms with Gasteiger partial charge in [0.15, 0.2) is 0 Å². The minimum absolute atomic E-state index is 0.239. The number of aliphatic hydroxyl groups excluding tert-OH is 1. The molecule has 0 saturated heterocycles. The third kappa shape index (κ3) is 3.22. The molecule has 2 N–H and O–H groups in total. The molecule has 2 aromatic carbocycles. The van der Waals surface area contributed by atoms with Crippen LogP contribution in [0.25, 0.3) is 0 Å². The van der Waals surface area contributed by atoms with E-state index in [2.05, 4.69) is 5.32 Å². The molecule has 2 rings (SSSR count). The molecule has 0 amide bonds. The number of hydrogen-bond acceptors (Lipinski definition) is 2. The van der Waals surface area contributed by atoms with Gasteiger partial charge in [0.1, 0.15) is 5.82 Å². The van der Waals surface area contributed by atoms with Crippen molar-refractivity contribution in [1.29, 1.82) is 0 Å². The summed E-state index contributed by atoms with van der Waals surface area (Å²) in [5, 5.41) is 13.4. The first-order chi connectivity index (χ1) is 8.66. The molecule has 0 aliphatic heterocycles. The summed E-state index contributed by atoms with van der Waals surface area (Å²) in [5.74, 6) is -0.333. The van der Waals surface area contributed by atoms with Crippen molar-refractivity contribution < 1.29 is 9.50 Å². The quantitative estimate of drug-likeness (QED) is 0.885. The fourth-order valence-corrected chi connectivity index (χ4v) is 1.74. The van der Waals surface area contributed by atoms with E-state index in [4.69, 9.17) is 11.6 Å². The summed E-state index contributed by atoms with van der Waals surface area (Å²) < 4.78 is 13.3. The lowest BCUT2D eigenvalue weighted by Gasteiger charge is -2.13. The molecule has 0 bridgehead atoms. The molecule has 2 nitrogen and oxygen atoms in total. The van der Waals surface area contributed by atoms with Crippen LogP contribution in [0.4, 0.5) is 10.1 Å². The highest BCUT2D eigenvalue weighted by atomic mass is 35.5. The Labute approximate surface area is 110 Å². The first kappa shape index (κ1) is 12.9. The van der Waals surface area contributed by atoms with Crippen LogP contribution in [0.3, 0.4) is 0 Å². The van der Waals surface area contributed by atoms with Gasteiger partial charge in [0.2, 0.25) is 0 Å². The van der Waals surface area contributed by atoms with Crippen LogP contribution in [0, 0.1) is 5.82 Å². The van der Waals surface area contributed by atoms with E-state index in [0.717, 1.165) is 5.56 Å². The lowest BCUT2D eigenvalue weighted by molar-refractivity contribution is 0.191. The lowest BCUT2D eigenvalue weighted by Crippen LogP contribution is -2.12. The van der Waals surface area contributed by atoms with Crippen molar-refractivity contribution in [3.8, 4) is 0 Å². The van der Waals surface area contributed by atoms with Crippen LogP contribution < -0.4 is 5.32 Å². The summed E-state index contributed by atoms with van der Waals surface area (Å²) in [4.78, 5) is 0. The summed E-state index contributed by atoms with van der Waals surface area (Å²) >= 11 is 5.76. The Bertz CT molecular complexity index is 515. The Kier molecular flexibility index (Phi) is 4.18. The van der Waals surface area contributed by atoms with Gasteiger partial charge in [0.25, 0.3) is 0 Å². The van der Waals surface area contributed by atoms with Gasteiger partial charge in [-0.1, -0.05) is 35.9 Å². The van der Waals surface area contributed by atoms with Gasteiger partial charge in [-0.25, -0.2) is 4.39 Å². The van der Waals surface area contributed by atoms with Gasteiger partial charge in [-0.2, -0.15) is 0 Å². The number of anilines is 1. The molecular weight excluding hydrogens is 253 g/mol. The molecule has 0 heterocycles. The Morgan fingerprint density at radius 2 is 1.78 bits per heavy atom. The van der Waals surface area contributed by atoms with Crippen LogP contribution in [0.5, 0.6) is 0 Å². The van der Waals surface area contributed by atoms with Crippen LogP contribution >= 0.6 is 11.6 Å². The van der Waals surface area contributed by atoms with E-state index < -0.39 is 6.10 Å². The van der Waals surface area contributed by atoms with Crippen molar-refractivity contribution in [3.63, 3.8) is 0 Å². The molecule has 0 spiro atoms. The molecule has 0 radical (unpaired) electrons. The smallest absolute Gasteiger partial charge is 0.146 e. The van der Waals surface area contributed by atoms with Crippen molar-refractivity contribution in [3.05, 3.63) is 64.9 Å². The van der Waals surface area contributed by atoms with E-state index in [1.165, 1.54) is 6.07 Å². The zero-order valence-corrected chi connectivity index (χ0v) is 10.4. The van der Waals surface area contributed by atoms with Gasteiger partial charge in [0.05, 0.1) is 11.8 Å². The van der Waals surface area contributed by atoms with Crippen molar-refractivity contribution in [2.75, 3.05) is 11.9 Å². The summed E-state index contributed by atoms with van der Waals surface area (Å²) in [5.41, 5.74) is 1.12. The number of rotatable bonds is 4. The van der Waals surface area contributed by atoms with Gasteiger partial charge in [-0.15, -0.1) is 0 Å². The summed E-state index contributed by atoms with van der Waals surface area (Å²) in [6.07, 6.45) is -0.707. The number of halogens is 2.